The van der Waals surface area contributed by atoms with Crippen LogP contribution in [-0.2, 0) is 27.4 Å². The van der Waals surface area contributed by atoms with Gasteiger partial charge in [-0.05, 0) is 44.7 Å². The highest BCUT2D eigenvalue weighted by Crippen LogP contribution is 2.20. The van der Waals surface area contributed by atoms with E-state index >= 15 is 0 Å². The average Bonchev–Trinajstić information content (AvgIpc) is 2.82. The Morgan fingerprint density at radius 3 is 2.21 bits per heavy atom. The average molecular weight is 469 g/mol. The zero-order chi connectivity index (χ0) is 24.4. The Morgan fingerprint density at radius 1 is 0.971 bits per heavy atom. The fourth-order valence-electron chi connectivity index (χ4n) is 3.86. The van der Waals surface area contributed by atoms with Gasteiger partial charge in [0.05, 0.1) is 19.3 Å². The van der Waals surface area contributed by atoms with Crippen LogP contribution in [0.4, 0.5) is 9.59 Å². The maximum atomic E-state index is 13.0. The van der Waals surface area contributed by atoms with Crippen molar-refractivity contribution in [3.63, 3.8) is 0 Å². The number of carbonyl (C=O) groups excluding carboxylic acids is 2. The molecule has 0 radical (unpaired) electrons. The van der Waals surface area contributed by atoms with Gasteiger partial charge < -0.3 is 24.0 Å². The first kappa shape index (κ1) is 25.6. The van der Waals surface area contributed by atoms with Crippen molar-refractivity contribution in [2.24, 2.45) is 0 Å². The molecule has 2 aromatic rings. The van der Waals surface area contributed by atoms with Crippen LogP contribution in [-0.4, -0.2) is 59.9 Å². The van der Waals surface area contributed by atoms with Crippen LogP contribution in [0.15, 0.2) is 60.7 Å². The van der Waals surface area contributed by atoms with E-state index in [9.17, 15) is 9.59 Å². The van der Waals surface area contributed by atoms with Crippen molar-refractivity contribution in [1.82, 2.24) is 9.80 Å². The van der Waals surface area contributed by atoms with Crippen LogP contribution in [0.2, 0.25) is 0 Å². The normalized spacial score (nSPS) is 16.1. The second kappa shape index (κ2) is 12.4. The summed E-state index contributed by atoms with van der Waals surface area (Å²) in [4.78, 5) is 29.1. The van der Waals surface area contributed by atoms with Crippen LogP contribution in [0.3, 0.4) is 0 Å². The Hall–Kier alpha value is -3.06. The zero-order valence-electron chi connectivity index (χ0n) is 20.4. The minimum absolute atomic E-state index is 0.159. The topological polar surface area (TPSA) is 68.3 Å². The van der Waals surface area contributed by atoms with Crippen LogP contribution >= 0.6 is 0 Å². The smallest absolute Gasteiger partial charge is 0.410 e. The van der Waals surface area contributed by atoms with Gasteiger partial charge in [0, 0.05) is 19.6 Å². The molecule has 2 amide bonds. The number of hydrogen-bond acceptors (Lipinski definition) is 5. The molecule has 7 heteroatoms. The number of hydrogen-bond donors (Lipinski definition) is 0. The van der Waals surface area contributed by atoms with Crippen molar-refractivity contribution in [2.45, 2.75) is 58.5 Å². The molecule has 1 heterocycles. The monoisotopic (exact) mass is 468 g/mol. The summed E-state index contributed by atoms with van der Waals surface area (Å²) in [6.07, 6.45) is 0.827. The first-order valence-corrected chi connectivity index (χ1v) is 11.9. The third-order valence-electron chi connectivity index (χ3n) is 5.52. The summed E-state index contributed by atoms with van der Waals surface area (Å²) in [7, 11) is 0. The van der Waals surface area contributed by atoms with Crippen molar-refractivity contribution in [3.05, 3.63) is 71.8 Å². The number of ether oxygens (including phenoxy) is 3. The van der Waals surface area contributed by atoms with Gasteiger partial charge in [0.1, 0.15) is 12.2 Å². The van der Waals surface area contributed by atoms with E-state index in [0.717, 1.165) is 24.0 Å². The van der Waals surface area contributed by atoms with Gasteiger partial charge in [-0.25, -0.2) is 9.59 Å². The van der Waals surface area contributed by atoms with Crippen molar-refractivity contribution >= 4 is 12.2 Å². The molecule has 0 spiro atoms. The summed E-state index contributed by atoms with van der Waals surface area (Å²) in [5.74, 6) is 0. The van der Waals surface area contributed by atoms with E-state index in [0.29, 0.717) is 32.8 Å². The van der Waals surface area contributed by atoms with Crippen LogP contribution in [0, 0.1) is 0 Å². The molecule has 0 N–H and O–H groups in total. The van der Waals surface area contributed by atoms with Gasteiger partial charge in [0.2, 0.25) is 0 Å². The minimum Gasteiger partial charge on any atom is -0.445 e. The van der Waals surface area contributed by atoms with Gasteiger partial charge in [-0.3, -0.25) is 0 Å². The Morgan fingerprint density at radius 2 is 1.59 bits per heavy atom. The van der Waals surface area contributed by atoms with E-state index in [1.807, 2.05) is 81.4 Å². The first-order valence-electron chi connectivity index (χ1n) is 11.9. The van der Waals surface area contributed by atoms with Crippen molar-refractivity contribution in [3.8, 4) is 0 Å². The van der Waals surface area contributed by atoms with Crippen molar-refractivity contribution < 1.29 is 23.8 Å². The number of likely N-dealkylation sites (tertiary alicyclic amines) is 1. The predicted octanol–water partition coefficient (Wildman–Crippen LogP) is 5.24. The van der Waals surface area contributed by atoms with E-state index in [1.165, 1.54) is 0 Å². The highest BCUT2D eigenvalue weighted by molar-refractivity contribution is 5.70. The zero-order valence-corrected chi connectivity index (χ0v) is 20.4. The molecule has 0 unspecified atom stereocenters. The van der Waals surface area contributed by atoms with E-state index < -0.39 is 5.60 Å². The molecule has 1 atom stereocenters. The largest absolute Gasteiger partial charge is 0.445 e. The molecule has 34 heavy (non-hydrogen) atoms. The summed E-state index contributed by atoms with van der Waals surface area (Å²) < 4.78 is 17.0. The Labute approximate surface area is 202 Å². The molecule has 1 aliphatic heterocycles. The van der Waals surface area contributed by atoms with E-state index in [1.54, 1.807) is 9.80 Å². The number of nitrogens with zero attached hydrogens (tertiary/aromatic N) is 2. The van der Waals surface area contributed by atoms with Gasteiger partial charge in [-0.2, -0.15) is 0 Å². The van der Waals surface area contributed by atoms with Gasteiger partial charge >= 0.3 is 12.2 Å². The molecule has 1 saturated heterocycles. The fraction of sp³-hybridized carbons (Fsp3) is 0.481. The second-order valence-corrected chi connectivity index (χ2v) is 9.49. The maximum absolute atomic E-state index is 13.0. The van der Waals surface area contributed by atoms with E-state index in [4.69, 9.17) is 14.2 Å². The number of carbonyl (C=O) groups is 2. The molecule has 3 rings (SSSR count). The van der Waals surface area contributed by atoms with Gasteiger partial charge in [0.25, 0.3) is 0 Å². The minimum atomic E-state index is -0.608. The predicted molar refractivity (Wildman–Crippen MR) is 130 cm³/mol. The molecule has 0 bridgehead atoms. The molecule has 184 valence electrons. The molecule has 0 saturated carbocycles. The summed E-state index contributed by atoms with van der Waals surface area (Å²) in [6.45, 7) is 8.04. The van der Waals surface area contributed by atoms with Crippen molar-refractivity contribution in [2.75, 3.05) is 26.2 Å². The van der Waals surface area contributed by atoms with Crippen LogP contribution in [0.5, 0.6) is 0 Å². The Bertz CT molecular complexity index is 898. The molecular weight excluding hydrogens is 432 g/mol. The Balaban J connectivity index is 1.57. The maximum Gasteiger partial charge on any atom is 0.410 e. The second-order valence-electron chi connectivity index (χ2n) is 9.49. The lowest BCUT2D eigenvalue weighted by Gasteiger charge is -2.39. The SMILES string of the molecule is CC(C)(C)OC(=O)N(CCOCc1ccccc1)[C@H]1CCCN(C(=O)OCc2ccccc2)C1. The van der Waals surface area contributed by atoms with E-state index in [2.05, 4.69) is 0 Å². The van der Waals surface area contributed by atoms with Crippen molar-refractivity contribution in [1.29, 1.82) is 0 Å². The molecular formula is C27H36N2O5. The van der Waals surface area contributed by atoms with Gasteiger partial charge in [-0.1, -0.05) is 60.7 Å². The number of rotatable bonds is 8. The van der Waals surface area contributed by atoms with E-state index in [-0.39, 0.29) is 24.8 Å². The van der Waals surface area contributed by atoms with Crippen LogP contribution in [0.25, 0.3) is 0 Å². The number of amides is 2. The fourth-order valence-corrected chi connectivity index (χ4v) is 3.86. The summed E-state index contributed by atoms with van der Waals surface area (Å²) in [5, 5.41) is 0. The summed E-state index contributed by atoms with van der Waals surface area (Å²) in [6, 6.07) is 19.4. The summed E-state index contributed by atoms with van der Waals surface area (Å²) >= 11 is 0. The molecule has 0 aromatic heterocycles. The lowest BCUT2D eigenvalue weighted by molar-refractivity contribution is -0.00475. The van der Waals surface area contributed by atoms with Crippen LogP contribution in [0.1, 0.15) is 44.7 Å². The van der Waals surface area contributed by atoms with Gasteiger partial charge in [0.15, 0.2) is 0 Å². The molecule has 1 fully saturated rings. The molecule has 2 aromatic carbocycles. The lowest BCUT2D eigenvalue weighted by atomic mass is 10.0. The third-order valence-corrected chi connectivity index (χ3v) is 5.52. The first-order chi connectivity index (χ1) is 16.3. The van der Waals surface area contributed by atoms with Gasteiger partial charge in [-0.15, -0.1) is 0 Å². The number of piperidine rings is 1. The number of benzene rings is 2. The summed E-state index contributed by atoms with van der Waals surface area (Å²) in [5.41, 5.74) is 1.41. The highest BCUT2D eigenvalue weighted by atomic mass is 16.6. The molecule has 0 aliphatic carbocycles. The third kappa shape index (κ3) is 8.37. The molecule has 1 aliphatic rings. The highest BCUT2D eigenvalue weighted by Gasteiger charge is 2.33. The quantitative estimate of drug-likeness (QED) is 0.496. The standard InChI is InChI=1S/C27H36N2O5/c1-27(2,3)34-26(31)29(17-18-32-20-22-11-6-4-7-12-22)24-15-10-16-28(19-24)25(30)33-21-23-13-8-5-9-14-23/h4-9,11-14,24H,10,15-21H2,1-3H3/t24-/m0/s1. The van der Waals surface area contributed by atoms with Crippen LogP contribution < -0.4 is 0 Å². The lowest BCUT2D eigenvalue weighted by Crippen LogP contribution is -2.53. The Kier molecular flexibility index (Phi) is 9.33. The molecule has 7 nitrogen and oxygen atoms in total.